The van der Waals surface area contributed by atoms with Crippen LogP contribution in [0.2, 0.25) is 0 Å². The molecule has 0 aliphatic heterocycles. The Hall–Kier alpha value is -0.0400. The van der Waals surface area contributed by atoms with Crippen molar-refractivity contribution in [3.63, 3.8) is 0 Å². The molecule has 0 bridgehead atoms. The summed E-state index contributed by atoms with van der Waals surface area (Å²) in [5.74, 6) is 1.69. The van der Waals surface area contributed by atoms with Crippen molar-refractivity contribution in [2.45, 2.75) is 53.9 Å². The Labute approximate surface area is 90.7 Å². The van der Waals surface area contributed by atoms with Crippen LogP contribution in [0, 0.1) is 17.3 Å². The quantitative estimate of drug-likeness (QED) is 0.688. The van der Waals surface area contributed by atoms with E-state index in [1.54, 1.807) is 0 Å². The van der Waals surface area contributed by atoms with Crippen LogP contribution in [-0.2, 0) is 0 Å². The topological polar surface area (TPSA) is 12.0 Å². The molecule has 0 aliphatic rings. The molecule has 1 unspecified atom stereocenters. The molecule has 0 heterocycles. The highest BCUT2D eigenvalue weighted by Crippen LogP contribution is 2.26. The Morgan fingerprint density at radius 3 is 2.07 bits per heavy atom. The third kappa shape index (κ3) is 8.55. The van der Waals surface area contributed by atoms with E-state index in [4.69, 9.17) is 0 Å². The van der Waals surface area contributed by atoms with Crippen LogP contribution in [0.3, 0.4) is 0 Å². The lowest BCUT2D eigenvalue weighted by atomic mass is 9.84. The normalized spacial score (nSPS) is 14.8. The number of rotatable bonds is 6. The van der Waals surface area contributed by atoms with Gasteiger partial charge in [0.15, 0.2) is 0 Å². The van der Waals surface area contributed by atoms with Gasteiger partial charge in [-0.3, -0.25) is 0 Å². The van der Waals surface area contributed by atoms with Crippen LogP contribution in [0.15, 0.2) is 0 Å². The van der Waals surface area contributed by atoms with Gasteiger partial charge in [0.25, 0.3) is 0 Å². The van der Waals surface area contributed by atoms with Crippen molar-refractivity contribution in [3.8, 4) is 0 Å². The summed E-state index contributed by atoms with van der Waals surface area (Å²) in [7, 11) is 2.06. The third-order valence-corrected chi connectivity index (χ3v) is 2.60. The molecule has 1 nitrogen and oxygen atoms in total. The Kier molecular flexibility index (Phi) is 6.43. The van der Waals surface area contributed by atoms with Gasteiger partial charge in [-0.05, 0) is 50.1 Å². The van der Waals surface area contributed by atoms with Crippen molar-refractivity contribution in [2.75, 3.05) is 13.6 Å². The summed E-state index contributed by atoms with van der Waals surface area (Å²) in [5, 5.41) is 3.31. The van der Waals surface area contributed by atoms with E-state index in [1.165, 1.54) is 25.8 Å². The smallest absolute Gasteiger partial charge is 0.00234 e. The van der Waals surface area contributed by atoms with Gasteiger partial charge in [0.2, 0.25) is 0 Å². The summed E-state index contributed by atoms with van der Waals surface area (Å²) in [6.45, 7) is 12.8. The molecule has 0 amide bonds. The molecule has 0 rings (SSSR count). The molecule has 14 heavy (non-hydrogen) atoms. The Morgan fingerprint density at radius 2 is 1.71 bits per heavy atom. The van der Waals surface area contributed by atoms with Crippen molar-refractivity contribution in [2.24, 2.45) is 17.3 Å². The van der Waals surface area contributed by atoms with Gasteiger partial charge in [0.1, 0.15) is 0 Å². The largest absolute Gasteiger partial charge is 0.319 e. The molecule has 0 aromatic heterocycles. The summed E-state index contributed by atoms with van der Waals surface area (Å²) in [4.78, 5) is 0. The first-order chi connectivity index (χ1) is 6.35. The van der Waals surface area contributed by atoms with Gasteiger partial charge in [0, 0.05) is 0 Å². The summed E-state index contributed by atoms with van der Waals surface area (Å²) >= 11 is 0. The average molecular weight is 199 g/mol. The molecular formula is C13H29N. The monoisotopic (exact) mass is 199 g/mol. The summed E-state index contributed by atoms with van der Waals surface area (Å²) in [6, 6.07) is 0. The molecule has 1 atom stereocenters. The average Bonchev–Trinajstić information content (AvgIpc) is 1.98. The van der Waals surface area contributed by atoms with Crippen molar-refractivity contribution in [3.05, 3.63) is 0 Å². The lowest BCUT2D eigenvalue weighted by Crippen LogP contribution is -2.22. The Bertz CT molecular complexity index is 133. The van der Waals surface area contributed by atoms with Crippen LogP contribution in [-0.4, -0.2) is 13.6 Å². The zero-order chi connectivity index (χ0) is 11.2. The number of nitrogens with one attached hydrogen (secondary N) is 1. The predicted octanol–water partition coefficient (Wildman–Crippen LogP) is 3.69. The first-order valence-electron chi connectivity index (χ1n) is 5.99. The molecule has 0 aromatic rings. The van der Waals surface area contributed by atoms with Crippen LogP contribution in [0.25, 0.3) is 0 Å². The maximum atomic E-state index is 3.31. The second-order valence-electron chi connectivity index (χ2n) is 6.15. The van der Waals surface area contributed by atoms with Gasteiger partial charge in [-0.15, -0.1) is 0 Å². The maximum absolute atomic E-state index is 3.31. The molecule has 0 aromatic carbocycles. The zero-order valence-electron chi connectivity index (χ0n) is 11.0. The van der Waals surface area contributed by atoms with Gasteiger partial charge in [-0.25, -0.2) is 0 Å². The molecule has 0 saturated carbocycles. The number of hydrogen-bond donors (Lipinski definition) is 1. The predicted molar refractivity (Wildman–Crippen MR) is 65.6 cm³/mol. The SMILES string of the molecule is CNCC(CCC(C)(C)C)CC(C)C. The van der Waals surface area contributed by atoms with Gasteiger partial charge in [0.05, 0.1) is 0 Å². The van der Waals surface area contributed by atoms with E-state index < -0.39 is 0 Å². The molecule has 1 heteroatoms. The maximum Gasteiger partial charge on any atom is -0.00234 e. The molecule has 0 aliphatic carbocycles. The fourth-order valence-corrected chi connectivity index (χ4v) is 1.90. The van der Waals surface area contributed by atoms with Crippen LogP contribution in [0.5, 0.6) is 0 Å². The van der Waals surface area contributed by atoms with Gasteiger partial charge in [-0.2, -0.15) is 0 Å². The second kappa shape index (κ2) is 6.44. The van der Waals surface area contributed by atoms with E-state index >= 15 is 0 Å². The minimum absolute atomic E-state index is 0.489. The van der Waals surface area contributed by atoms with E-state index in [0.717, 1.165) is 11.8 Å². The fraction of sp³-hybridized carbons (Fsp3) is 1.00. The lowest BCUT2D eigenvalue weighted by molar-refractivity contribution is 0.292. The highest BCUT2D eigenvalue weighted by atomic mass is 14.8. The summed E-state index contributed by atoms with van der Waals surface area (Å²) in [5.41, 5.74) is 0.489. The molecule has 0 fully saturated rings. The lowest BCUT2D eigenvalue weighted by Gasteiger charge is -2.24. The highest BCUT2D eigenvalue weighted by Gasteiger charge is 2.15. The standard InChI is InChI=1S/C13H29N/c1-11(2)9-12(10-14-6)7-8-13(3,4)5/h11-12,14H,7-10H2,1-6H3. The summed E-state index contributed by atoms with van der Waals surface area (Å²) < 4.78 is 0. The van der Waals surface area contributed by atoms with Crippen LogP contribution in [0.4, 0.5) is 0 Å². The van der Waals surface area contributed by atoms with Gasteiger partial charge in [-0.1, -0.05) is 34.6 Å². The molecule has 0 spiro atoms. The van der Waals surface area contributed by atoms with Gasteiger partial charge >= 0.3 is 0 Å². The van der Waals surface area contributed by atoms with E-state index in [0.29, 0.717) is 5.41 Å². The molecule has 86 valence electrons. The van der Waals surface area contributed by atoms with Crippen molar-refractivity contribution in [1.29, 1.82) is 0 Å². The Balaban J connectivity index is 3.84. The van der Waals surface area contributed by atoms with E-state index in [-0.39, 0.29) is 0 Å². The van der Waals surface area contributed by atoms with Crippen molar-refractivity contribution < 1.29 is 0 Å². The zero-order valence-corrected chi connectivity index (χ0v) is 11.0. The van der Waals surface area contributed by atoms with E-state index in [2.05, 4.69) is 47.0 Å². The van der Waals surface area contributed by atoms with E-state index in [1.807, 2.05) is 0 Å². The first kappa shape index (κ1) is 14.0. The highest BCUT2D eigenvalue weighted by molar-refractivity contribution is 4.69. The molecular weight excluding hydrogens is 170 g/mol. The minimum Gasteiger partial charge on any atom is -0.319 e. The van der Waals surface area contributed by atoms with Gasteiger partial charge < -0.3 is 5.32 Å². The first-order valence-corrected chi connectivity index (χ1v) is 5.99. The molecule has 0 saturated heterocycles. The summed E-state index contributed by atoms with van der Waals surface area (Å²) in [6.07, 6.45) is 4.06. The fourth-order valence-electron chi connectivity index (χ4n) is 1.90. The van der Waals surface area contributed by atoms with Crippen molar-refractivity contribution >= 4 is 0 Å². The second-order valence-corrected chi connectivity index (χ2v) is 6.15. The molecule has 0 radical (unpaired) electrons. The van der Waals surface area contributed by atoms with Crippen molar-refractivity contribution in [1.82, 2.24) is 5.32 Å². The van der Waals surface area contributed by atoms with Crippen LogP contribution >= 0.6 is 0 Å². The van der Waals surface area contributed by atoms with E-state index in [9.17, 15) is 0 Å². The van der Waals surface area contributed by atoms with Crippen LogP contribution < -0.4 is 5.32 Å². The number of hydrogen-bond acceptors (Lipinski definition) is 1. The minimum atomic E-state index is 0.489. The Morgan fingerprint density at radius 1 is 1.14 bits per heavy atom. The van der Waals surface area contributed by atoms with Crippen LogP contribution in [0.1, 0.15) is 53.9 Å². The molecule has 1 N–H and O–H groups in total. The third-order valence-electron chi connectivity index (χ3n) is 2.60.